The molecule has 0 saturated heterocycles. The average Bonchev–Trinajstić information content (AvgIpc) is 3.31. The maximum atomic E-state index is 5.16. The Hall–Kier alpha value is -0.631. The Bertz CT molecular complexity index is 853. The standard InChI is InChI=1S/2C8H20B2N2.C8H12B2N2.2C7H18B2N2.2C3H8.C2H6/c2*1-5-7-8-11(4)10-12(6-2)9-3;1-5-7-11(4)10-12(9-3)8-6-2;2*1-5-7-10(4)9-11(6-2)8-3;2*1-3-2;1-2/h2*5-8H2,1-4H3;1-2H,7-8H2,3-4H3;2*5-7H2,1-4H3;2*3H2,1-2H3;1-2H3. The van der Waals surface area contributed by atoms with Crippen molar-refractivity contribution in [3.63, 3.8) is 0 Å². The molecule has 0 N–H and O–H groups in total. The Kier molecular flexibility index (Phi) is 91.4. The number of nitrogens with zero attached hydrogens (tertiary/aromatic N) is 10. The van der Waals surface area contributed by atoms with Crippen LogP contribution in [0.1, 0.15) is 148 Å². The van der Waals surface area contributed by atoms with Crippen molar-refractivity contribution in [2.24, 2.45) is 0 Å². The lowest BCUT2D eigenvalue weighted by molar-refractivity contribution is 0.477. The van der Waals surface area contributed by atoms with Gasteiger partial charge in [-0.05, 0) is 113 Å². The fraction of sp³-hybridized carbons (Fsp3) is 0.913. The van der Waals surface area contributed by atoms with Gasteiger partial charge in [-0.2, -0.15) is 0 Å². The second-order valence-corrected chi connectivity index (χ2v) is 15.2. The zero-order chi connectivity index (χ0) is 53.0. The Labute approximate surface area is 428 Å². The van der Waals surface area contributed by atoms with E-state index >= 15 is 0 Å². The molecular weight excluding hydrogens is 801 g/mol. The highest BCUT2D eigenvalue weighted by atomic mass is 15.2. The summed E-state index contributed by atoms with van der Waals surface area (Å²) in [6.07, 6.45) is 20.3. The highest BCUT2D eigenvalue weighted by molar-refractivity contribution is 6.49. The third kappa shape index (κ3) is 74.9. The molecule has 0 aliphatic heterocycles. The highest BCUT2D eigenvalue weighted by Gasteiger charge is 2.10. The van der Waals surface area contributed by atoms with Gasteiger partial charge in [-0.1, -0.05) is 169 Å². The fourth-order valence-electron chi connectivity index (χ4n) is 4.83. The lowest BCUT2D eigenvalue weighted by Crippen LogP contribution is -2.41. The van der Waals surface area contributed by atoms with Crippen LogP contribution in [0.3, 0.4) is 0 Å². The minimum absolute atomic E-state index is 0.575. The molecule has 0 aliphatic rings. The van der Waals surface area contributed by atoms with Crippen molar-refractivity contribution < 1.29 is 0 Å². The first kappa shape index (κ1) is 82.3. The van der Waals surface area contributed by atoms with Gasteiger partial charge in [0.05, 0.1) is 6.54 Å². The molecule has 0 aliphatic carbocycles. The number of hydrogen-bond acceptors (Lipinski definition) is 10. The fourth-order valence-corrected chi connectivity index (χ4v) is 4.83. The molecule has 0 aromatic heterocycles. The molecule has 0 bridgehead atoms. The molecule has 374 valence electrons. The van der Waals surface area contributed by atoms with E-state index < -0.39 is 0 Å². The summed E-state index contributed by atoms with van der Waals surface area (Å²) < 4.78 is 10.6. The summed E-state index contributed by atoms with van der Waals surface area (Å²) in [5, 5.41) is 0. The van der Waals surface area contributed by atoms with Gasteiger partial charge >= 0.3 is 7.55 Å². The zero-order valence-corrected chi connectivity index (χ0v) is 49.1. The van der Waals surface area contributed by atoms with Crippen LogP contribution < -0.4 is 0 Å². The van der Waals surface area contributed by atoms with Gasteiger partial charge in [-0.15, -0.1) is 12.8 Å². The molecule has 0 spiro atoms. The van der Waals surface area contributed by atoms with Crippen LogP contribution >= 0.6 is 0 Å². The van der Waals surface area contributed by atoms with Gasteiger partial charge in [0, 0.05) is 6.54 Å². The molecule has 10 radical (unpaired) electrons. The Balaban J connectivity index is -0.000000102. The number of unbranched alkanes of at least 4 members (excludes halogenated alkanes) is 2. The molecule has 0 aromatic carbocycles. The van der Waals surface area contributed by atoms with Crippen molar-refractivity contribution in [2.45, 2.75) is 182 Å². The summed E-state index contributed by atoms with van der Waals surface area (Å²) in [6, 6.07) is 0. The van der Waals surface area contributed by atoms with Crippen molar-refractivity contribution in [1.82, 2.24) is 47.7 Å². The van der Waals surface area contributed by atoms with E-state index in [1.165, 1.54) is 51.4 Å². The molecule has 0 rings (SSSR count). The van der Waals surface area contributed by atoms with Crippen molar-refractivity contribution in [2.75, 3.05) is 101 Å². The SMILES string of the molecule is C#CCN(C)[B]N([B]C)CC#C.CC.CCC.CCC.C[B]N([B]N(C)CCC)CC.C[B]N([B]N(C)CCC)CC.C[B]N([B]N(C)CCCC)CC.C[B]N([B]N(C)CCCC)CC. The summed E-state index contributed by atoms with van der Waals surface area (Å²) in [7, 11) is 31.2. The van der Waals surface area contributed by atoms with E-state index in [1.807, 2.05) is 52.2 Å². The van der Waals surface area contributed by atoms with E-state index in [4.69, 9.17) is 12.8 Å². The predicted molar refractivity (Wildman–Crippen MR) is 318 cm³/mol. The van der Waals surface area contributed by atoms with E-state index in [1.54, 1.807) is 0 Å². The molecule has 10 nitrogen and oxygen atoms in total. The van der Waals surface area contributed by atoms with E-state index in [-0.39, 0.29) is 0 Å². The normalized spacial score (nSPS) is 9.82. The minimum atomic E-state index is 0.575. The van der Waals surface area contributed by atoms with Crippen molar-refractivity contribution in [3.05, 3.63) is 0 Å². The number of rotatable bonds is 31. The van der Waals surface area contributed by atoms with Crippen molar-refractivity contribution >= 4 is 74.8 Å². The quantitative estimate of drug-likeness (QED) is 0.0510. The average molecular weight is 912 g/mol. The Morgan fingerprint density at radius 1 is 0.333 bits per heavy atom. The summed E-state index contributed by atoms with van der Waals surface area (Å²) in [6.45, 7) is 50.0. The van der Waals surface area contributed by atoms with Crippen LogP contribution in [0.2, 0.25) is 34.1 Å². The van der Waals surface area contributed by atoms with Gasteiger partial charge in [-0.25, -0.2) is 0 Å². The third-order valence-corrected chi connectivity index (χ3v) is 8.34. The summed E-state index contributed by atoms with van der Waals surface area (Å²) >= 11 is 0. The van der Waals surface area contributed by atoms with Crippen LogP contribution in [0, 0.1) is 24.7 Å². The molecule has 0 fully saturated rings. The molecule has 0 heterocycles. The summed E-state index contributed by atoms with van der Waals surface area (Å²) in [5.74, 6) is 5.09. The van der Waals surface area contributed by atoms with Crippen LogP contribution in [0.5, 0.6) is 0 Å². The summed E-state index contributed by atoms with van der Waals surface area (Å²) in [4.78, 5) is 10.8. The first-order valence-corrected chi connectivity index (χ1v) is 25.9. The van der Waals surface area contributed by atoms with Crippen LogP contribution in [0.4, 0.5) is 0 Å². The van der Waals surface area contributed by atoms with E-state index in [2.05, 4.69) is 248 Å². The smallest absolute Gasteiger partial charge is 0.301 e. The number of hydrogen-bond donors (Lipinski definition) is 0. The largest absolute Gasteiger partial charge is 0.379 e. The molecule has 0 atom stereocenters. The Morgan fingerprint density at radius 2 is 0.561 bits per heavy atom. The second kappa shape index (κ2) is 73.3. The highest BCUT2D eigenvalue weighted by Crippen LogP contribution is 1.94. The lowest BCUT2D eigenvalue weighted by Gasteiger charge is -2.23. The van der Waals surface area contributed by atoms with Gasteiger partial charge in [0.25, 0.3) is 30.2 Å². The topological polar surface area (TPSA) is 32.4 Å². The van der Waals surface area contributed by atoms with Crippen LogP contribution in [-0.4, -0.2) is 223 Å². The lowest BCUT2D eigenvalue weighted by atomic mass is 9.85. The van der Waals surface area contributed by atoms with Crippen LogP contribution in [0.25, 0.3) is 0 Å². The third-order valence-electron chi connectivity index (χ3n) is 8.34. The Morgan fingerprint density at radius 3 is 0.742 bits per heavy atom. The molecular formula is C46H110B10N10. The zero-order valence-electron chi connectivity index (χ0n) is 49.1. The van der Waals surface area contributed by atoms with Gasteiger partial charge in [0.15, 0.2) is 37.1 Å². The molecule has 0 amide bonds. The first-order valence-electron chi connectivity index (χ1n) is 25.9. The first-order chi connectivity index (χ1) is 31.5. The van der Waals surface area contributed by atoms with E-state index in [0.29, 0.717) is 13.1 Å². The van der Waals surface area contributed by atoms with E-state index in [0.717, 1.165) is 52.4 Å². The molecule has 0 aromatic rings. The maximum Gasteiger partial charge on any atom is 0.301 e. The molecule has 0 saturated carbocycles. The van der Waals surface area contributed by atoms with Crippen LogP contribution in [-0.2, 0) is 0 Å². The van der Waals surface area contributed by atoms with Gasteiger partial charge in [0.2, 0.25) is 0 Å². The van der Waals surface area contributed by atoms with Crippen LogP contribution in [0.15, 0.2) is 0 Å². The van der Waals surface area contributed by atoms with Gasteiger partial charge in [0.1, 0.15) is 0 Å². The second-order valence-electron chi connectivity index (χ2n) is 15.2. The van der Waals surface area contributed by atoms with E-state index in [9.17, 15) is 0 Å². The minimum Gasteiger partial charge on any atom is -0.379 e. The van der Waals surface area contributed by atoms with Gasteiger partial charge < -0.3 is 47.7 Å². The molecule has 0 unspecified atom stereocenters. The summed E-state index contributed by atoms with van der Waals surface area (Å²) in [5.41, 5.74) is 0. The van der Waals surface area contributed by atoms with Gasteiger partial charge in [-0.3, -0.25) is 0 Å². The maximum absolute atomic E-state index is 5.16. The number of terminal acetylenes is 2. The predicted octanol–water partition coefficient (Wildman–Crippen LogP) is 7.73. The molecule has 66 heavy (non-hydrogen) atoms. The molecule has 20 heteroatoms. The van der Waals surface area contributed by atoms with Crippen molar-refractivity contribution in [1.29, 1.82) is 0 Å². The monoisotopic (exact) mass is 913 g/mol. The van der Waals surface area contributed by atoms with Crippen molar-refractivity contribution in [3.8, 4) is 24.7 Å².